The van der Waals surface area contributed by atoms with Gasteiger partial charge < -0.3 is 48.1 Å². The number of carbonyl (C=O) groups is 5. The summed E-state index contributed by atoms with van der Waals surface area (Å²) in [4.78, 5) is 64.2. The lowest BCUT2D eigenvalue weighted by atomic mass is 9.96. The Morgan fingerprint density at radius 2 is 1.56 bits per heavy atom. The molecule has 10 unspecified atom stereocenters. The summed E-state index contributed by atoms with van der Waals surface area (Å²) in [5.74, 6) is -3.24. The third-order valence-electron chi connectivity index (χ3n) is 10.1. The van der Waals surface area contributed by atoms with Crippen LogP contribution < -0.4 is 0 Å². The molecule has 4 rings (SSSR count). The van der Waals surface area contributed by atoms with E-state index in [2.05, 4.69) is 0 Å². The molecule has 316 valence electrons. The first kappa shape index (κ1) is 45.7. The highest BCUT2D eigenvalue weighted by Crippen LogP contribution is 2.34. The number of Topliss-reactive ketones (excluding diaryl/α,β-unsaturated/α-hetero) is 1. The monoisotopic (exact) mass is 802 g/mol. The van der Waals surface area contributed by atoms with Crippen LogP contribution in [0.5, 0.6) is 0 Å². The van der Waals surface area contributed by atoms with Gasteiger partial charge in [-0.15, -0.1) is 0 Å². The molecule has 2 bridgehead atoms. The van der Waals surface area contributed by atoms with Crippen molar-refractivity contribution < 1.29 is 72.1 Å². The molecule has 1 aromatic rings. The Bertz CT molecular complexity index is 1540. The van der Waals surface area contributed by atoms with Crippen molar-refractivity contribution in [3.63, 3.8) is 0 Å². The molecule has 2 N–H and O–H groups in total. The predicted molar refractivity (Wildman–Crippen MR) is 203 cm³/mol. The Hall–Kier alpha value is -3.99. The Labute approximate surface area is 333 Å². The zero-order chi connectivity index (χ0) is 41.5. The Balaban J connectivity index is 1.74. The molecular formula is C42H58O15. The number of rotatable bonds is 8. The summed E-state index contributed by atoms with van der Waals surface area (Å²) in [6.45, 7) is 7.34. The van der Waals surface area contributed by atoms with Crippen LogP contribution in [0.15, 0.2) is 48.1 Å². The van der Waals surface area contributed by atoms with Gasteiger partial charge in [0.25, 0.3) is 0 Å². The molecule has 15 nitrogen and oxygen atoms in total. The number of hydrogen-bond donors (Lipinski definition) is 2. The lowest BCUT2D eigenvalue weighted by Gasteiger charge is -2.47. The number of aliphatic hydroxyl groups excluding tert-OH is 2. The molecular weight excluding hydrogens is 744 g/mol. The van der Waals surface area contributed by atoms with E-state index in [1.54, 1.807) is 38.1 Å². The van der Waals surface area contributed by atoms with Gasteiger partial charge in [-0.1, -0.05) is 69.0 Å². The number of carbonyl (C=O) groups excluding carboxylic acids is 5. The van der Waals surface area contributed by atoms with E-state index in [0.29, 0.717) is 31.2 Å². The van der Waals surface area contributed by atoms with Gasteiger partial charge in [0, 0.05) is 31.4 Å². The molecule has 57 heavy (non-hydrogen) atoms. The molecule has 0 radical (unpaired) electrons. The molecule has 0 aliphatic carbocycles. The molecule has 0 spiro atoms. The van der Waals surface area contributed by atoms with E-state index in [1.807, 2.05) is 13.0 Å². The second-order valence-electron chi connectivity index (χ2n) is 14.6. The third kappa shape index (κ3) is 13.8. The van der Waals surface area contributed by atoms with E-state index < -0.39 is 91.9 Å². The number of allylic oxidation sites excluding steroid dienone is 1. The SMILES string of the molecule is C/C=C(\C)C(=O)OC1C(O)C2OC(COC(=O)CCC(=O)CCCCCC[C@H](CCC)OC3OC(C)C(OC(C)=O)C(O)C3O2)C1OC(=O)/C=C/c1ccccc1. The van der Waals surface area contributed by atoms with Crippen molar-refractivity contribution in [2.45, 2.75) is 166 Å². The van der Waals surface area contributed by atoms with Crippen molar-refractivity contribution in [1.82, 2.24) is 0 Å². The van der Waals surface area contributed by atoms with Gasteiger partial charge >= 0.3 is 23.9 Å². The highest BCUT2D eigenvalue weighted by molar-refractivity contribution is 5.88. The quantitative estimate of drug-likeness (QED) is 0.212. The summed E-state index contributed by atoms with van der Waals surface area (Å²) >= 11 is 0. The van der Waals surface area contributed by atoms with Gasteiger partial charge in [0.15, 0.2) is 30.9 Å². The highest BCUT2D eigenvalue weighted by atomic mass is 16.8. The maximum Gasteiger partial charge on any atom is 0.333 e. The number of esters is 4. The lowest BCUT2D eigenvalue weighted by Crippen LogP contribution is -2.65. The van der Waals surface area contributed by atoms with Gasteiger partial charge in [0.05, 0.1) is 18.6 Å². The summed E-state index contributed by atoms with van der Waals surface area (Å²) in [7, 11) is 0. The second kappa shape index (κ2) is 22.8. The van der Waals surface area contributed by atoms with E-state index in [-0.39, 0.29) is 30.3 Å². The Morgan fingerprint density at radius 1 is 0.825 bits per heavy atom. The maximum absolute atomic E-state index is 13.3. The van der Waals surface area contributed by atoms with Crippen LogP contribution in [0.1, 0.15) is 104 Å². The summed E-state index contributed by atoms with van der Waals surface area (Å²) < 4.78 is 47.7. The fraction of sp³-hybridized carbons (Fsp3) is 0.643. The van der Waals surface area contributed by atoms with E-state index in [0.717, 1.165) is 31.8 Å². The first-order chi connectivity index (χ1) is 27.3. The van der Waals surface area contributed by atoms with Crippen molar-refractivity contribution in [2.75, 3.05) is 6.61 Å². The number of cyclic esters (lactones) is 1. The van der Waals surface area contributed by atoms with Crippen LogP contribution in [-0.2, 0) is 61.9 Å². The Kier molecular flexibility index (Phi) is 18.3. The van der Waals surface area contributed by atoms with E-state index in [1.165, 1.54) is 26.0 Å². The van der Waals surface area contributed by atoms with Crippen LogP contribution in [0.2, 0.25) is 0 Å². The number of aliphatic hydroxyl groups is 2. The fourth-order valence-corrected chi connectivity index (χ4v) is 6.87. The number of hydrogen-bond acceptors (Lipinski definition) is 15. The molecule has 3 heterocycles. The summed E-state index contributed by atoms with van der Waals surface area (Å²) in [6, 6.07) is 8.91. The zero-order valence-corrected chi connectivity index (χ0v) is 33.4. The molecule has 3 aliphatic rings. The van der Waals surface area contributed by atoms with Gasteiger partial charge in [0.1, 0.15) is 36.8 Å². The number of fused-ring (bicyclic) bond motifs is 3. The van der Waals surface area contributed by atoms with E-state index in [4.69, 9.17) is 37.9 Å². The average Bonchev–Trinajstić information content (AvgIpc) is 3.18. The molecule has 3 fully saturated rings. The normalized spacial score (nSPS) is 32.7. The van der Waals surface area contributed by atoms with Gasteiger partial charge in [-0.3, -0.25) is 14.4 Å². The zero-order valence-electron chi connectivity index (χ0n) is 33.4. The minimum atomic E-state index is -1.87. The van der Waals surface area contributed by atoms with Crippen molar-refractivity contribution in [2.24, 2.45) is 0 Å². The largest absolute Gasteiger partial charge is 0.463 e. The molecule has 0 amide bonds. The minimum absolute atomic E-state index is 0.0321. The van der Waals surface area contributed by atoms with Gasteiger partial charge in [-0.05, 0) is 51.7 Å². The molecule has 11 atom stereocenters. The highest BCUT2D eigenvalue weighted by Gasteiger charge is 2.55. The number of ketones is 1. The van der Waals surface area contributed by atoms with Crippen molar-refractivity contribution in [3.05, 3.63) is 53.6 Å². The molecule has 1 aromatic carbocycles. The summed E-state index contributed by atoms with van der Waals surface area (Å²) in [5.41, 5.74) is 0.860. The summed E-state index contributed by atoms with van der Waals surface area (Å²) in [5, 5.41) is 23.6. The minimum Gasteiger partial charge on any atom is -0.463 e. The van der Waals surface area contributed by atoms with E-state index in [9.17, 15) is 34.2 Å². The Morgan fingerprint density at radius 3 is 2.26 bits per heavy atom. The molecule has 3 saturated heterocycles. The van der Waals surface area contributed by atoms with Gasteiger partial charge in [-0.25, -0.2) is 9.59 Å². The maximum atomic E-state index is 13.3. The van der Waals surface area contributed by atoms with E-state index >= 15 is 0 Å². The third-order valence-corrected chi connectivity index (χ3v) is 10.1. The lowest BCUT2D eigenvalue weighted by molar-refractivity contribution is -0.369. The molecule has 0 saturated carbocycles. The van der Waals surface area contributed by atoms with Crippen LogP contribution in [0, 0.1) is 0 Å². The molecule has 15 heteroatoms. The second-order valence-corrected chi connectivity index (χ2v) is 14.6. The molecule has 0 aromatic heterocycles. The number of ether oxygens (including phenoxy) is 8. The topological polar surface area (TPSA) is 200 Å². The van der Waals surface area contributed by atoms with Crippen LogP contribution in [0.4, 0.5) is 0 Å². The fourth-order valence-electron chi connectivity index (χ4n) is 6.87. The predicted octanol–water partition coefficient (Wildman–Crippen LogP) is 4.43. The van der Waals surface area contributed by atoms with Gasteiger partial charge in [0.2, 0.25) is 0 Å². The van der Waals surface area contributed by atoms with Crippen molar-refractivity contribution in [1.29, 1.82) is 0 Å². The van der Waals surface area contributed by atoms with Gasteiger partial charge in [-0.2, -0.15) is 0 Å². The first-order valence-corrected chi connectivity index (χ1v) is 19.9. The van der Waals surface area contributed by atoms with Crippen molar-refractivity contribution >= 4 is 35.7 Å². The molecule has 3 aliphatic heterocycles. The van der Waals surface area contributed by atoms with Crippen LogP contribution in [0.25, 0.3) is 6.08 Å². The van der Waals surface area contributed by atoms with Crippen LogP contribution in [0.3, 0.4) is 0 Å². The van der Waals surface area contributed by atoms with Crippen molar-refractivity contribution in [3.8, 4) is 0 Å². The average molecular weight is 803 g/mol. The smallest absolute Gasteiger partial charge is 0.333 e. The van der Waals surface area contributed by atoms with Crippen LogP contribution >= 0.6 is 0 Å². The standard InChI is InChI=1S/C42H58O15/c1-6-15-30-19-14-9-8-13-18-29(44)21-23-32(45)50-24-31-37(55-33(46)22-20-28-16-11-10-12-17-28)38(56-40(49)25(3)7-2)35(48)41(54-31)57-39-34(47)36(52-27(5)43)26(4)51-42(39)53-30/h7,10-12,16-17,20,22,26,30-31,34-39,41-42,47-48H,6,8-9,13-15,18-19,21,23-24H2,1-5H3/b22-20+,25-7+/t26?,30-,31?,34?,35?,36?,37?,38?,39?,41?,42?/m0/s1. The first-order valence-electron chi connectivity index (χ1n) is 19.9. The van der Waals surface area contributed by atoms with Crippen LogP contribution in [-0.4, -0.2) is 114 Å². The number of benzene rings is 1. The summed E-state index contributed by atoms with van der Waals surface area (Å²) in [6.07, 6.45) is -5.55.